The highest BCUT2D eigenvalue weighted by Crippen LogP contribution is 2.29. The standard InChI is InChI=1S/C10H15N5OS/c1-2-3-4-15(6-8(12)16)10-7(5-11)9(13)14-17-10/h2-4,6H2,1H3,(H2,12,16)(H2,13,14). The van der Waals surface area contributed by atoms with E-state index in [2.05, 4.69) is 11.3 Å². The molecule has 17 heavy (non-hydrogen) atoms. The van der Waals surface area contributed by atoms with Gasteiger partial charge in [0.15, 0.2) is 5.82 Å². The molecular formula is C10H15N5OS. The first-order valence-corrected chi connectivity index (χ1v) is 6.06. The van der Waals surface area contributed by atoms with Gasteiger partial charge in [-0.05, 0) is 18.0 Å². The van der Waals surface area contributed by atoms with E-state index in [1.165, 1.54) is 0 Å². The number of amides is 1. The normalized spacial score (nSPS) is 9.88. The number of rotatable bonds is 6. The number of hydrogen-bond donors (Lipinski definition) is 2. The van der Waals surface area contributed by atoms with Crippen LogP contribution in [0.2, 0.25) is 0 Å². The number of nitriles is 1. The van der Waals surface area contributed by atoms with Gasteiger partial charge >= 0.3 is 0 Å². The summed E-state index contributed by atoms with van der Waals surface area (Å²) < 4.78 is 3.93. The summed E-state index contributed by atoms with van der Waals surface area (Å²) in [6.45, 7) is 2.79. The molecule has 0 saturated heterocycles. The number of nitrogens with two attached hydrogens (primary N) is 2. The van der Waals surface area contributed by atoms with E-state index in [0.29, 0.717) is 17.1 Å². The van der Waals surface area contributed by atoms with Gasteiger partial charge in [-0.25, -0.2) is 0 Å². The van der Waals surface area contributed by atoms with Crippen LogP contribution in [-0.4, -0.2) is 23.4 Å². The van der Waals surface area contributed by atoms with Gasteiger partial charge < -0.3 is 16.4 Å². The minimum Gasteiger partial charge on any atom is -0.382 e. The minimum absolute atomic E-state index is 0.0797. The number of nitrogens with zero attached hydrogens (tertiary/aromatic N) is 3. The molecule has 0 radical (unpaired) electrons. The van der Waals surface area contributed by atoms with Gasteiger partial charge in [-0.1, -0.05) is 13.3 Å². The maximum Gasteiger partial charge on any atom is 0.236 e. The summed E-state index contributed by atoms with van der Waals surface area (Å²) >= 11 is 1.12. The number of primary amides is 1. The van der Waals surface area contributed by atoms with Crippen LogP contribution in [0, 0.1) is 11.3 Å². The van der Waals surface area contributed by atoms with Crippen LogP contribution in [0.3, 0.4) is 0 Å². The highest BCUT2D eigenvalue weighted by molar-refractivity contribution is 7.10. The summed E-state index contributed by atoms with van der Waals surface area (Å²) in [5.41, 5.74) is 11.1. The van der Waals surface area contributed by atoms with Gasteiger partial charge in [0.1, 0.15) is 16.6 Å². The van der Waals surface area contributed by atoms with Crippen molar-refractivity contribution in [1.29, 1.82) is 5.26 Å². The second-order valence-corrected chi connectivity index (χ2v) is 4.35. The molecule has 0 spiro atoms. The summed E-state index contributed by atoms with van der Waals surface area (Å²) in [5.74, 6) is -0.226. The molecule has 0 aliphatic rings. The Morgan fingerprint density at radius 3 is 2.88 bits per heavy atom. The van der Waals surface area contributed by atoms with E-state index < -0.39 is 5.91 Å². The number of carbonyl (C=O) groups is 1. The number of anilines is 2. The van der Waals surface area contributed by atoms with Crippen LogP contribution in [0.4, 0.5) is 10.8 Å². The van der Waals surface area contributed by atoms with E-state index in [1.807, 2.05) is 6.07 Å². The quantitative estimate of drug-likeness (QED) is 0.775. The fourth-order valence-electron chi connectivity index (χ4n) is 1.40. The Morgan fingerprint density at radius 1 is 1.65 bits per heavy atom. The average Bonchev–Trinajstić information content (AvgIpc) is 2.65. The van der Waals surface area contributed by atoms with Crippen LogP contribution in [0.15, 0.2) is 0 Å². The molecule has 1 heterocycles. The molecule has 6 nitrogen and oxygen atoms in total. The summed E-state index contributed by atoms with van der Waals surface area (Å²) in [6, 6.07) is 2.00. The molecule has 92 valence electrons. The third-order valence-corrected chi connectivity index (χ3v) is 3.15. The van der Waals surface area contributed by atoms with Crippen LogP contribution in [0.25, 0.3) is 0 Å². The SMILES string of the molecule is CCCCN(CC(N)=O)c1snc(N)c1C#N. The lowest BCUT2D eigenvalue weighted by molar-refractivity contribution is -0.116. The minimum atomic E-state index is -0.433. The van der Waals surface area contributed by atoms with Crippen molar-refractivity contribution in [3.8, 4) is 6.07 Å². The zero-order valence-corrected chi connectivity index (χ0v) is 10.5. The van der Waals surface area contributed by atoms with Gasteiger partial charge in [0.2, 0.25) is 5.91 Å². The number of unbranched alkanes of at least 4 members (excludes halogenated alkanes) is 1. The van der Waals surface area contributed by atoms with Crippen LogP contribution < -0.4 is 16.4 Å². The van der Waals surface area contributed by atoms with Gasteiger partial charge in [-0.3, -0.25) is 4.79 Å². The molecule has 1 rings (SSSR count). The Bertz CT molecular complexity index is 436. The van der Waals surface area contributed by atoms with Gasteiger partial charge in [-0.2, -0.15) is 9.64 Å². The number of aromatic nitrogens is 1. The molecule has 1 amide bonds. The average molecular weight is 253 g/mol. The van der Waals surface area contributed by atoms with Gasteiger partial charge in [-0.15, -0.1) is 0 Å². The molecule has 0 atom stereocenters. The number of carbonyl (C=O) groups excluding carboxylic acids is 1. The summed E-state index contributed by atoms with van der Waals surface area (Å²) in [5, 5.41) is 9.61. The van der Waals surface area contributed by atoms with E-state index in [0.717, 1.165) is 24.4 Å². The molecule has 1 aromatic rings. The largest absolute Gasteiger partial charge is 0.382 e. The van der Waals surface area contributed by atoms with Crippen molar-refractivity contribution in [1.82, 2.24) is 4.37 Å². The molecule has 0 unspecified atom stereocenters. The summed E-state index contributed by atoms with van der Waals surface area (Å²) in [6.07, 6.45) is 1.90. The lowest BCUT2D eigenvalue weighted by Gasteiger charge is -2.20. The third-order valence-electron chi connectivity index (χ3n) is 2.23. The molecule has 0 bridgehead atoms. The van der Waals surface area contributed by atoms with Gasteiger partial charge in [0, 0.05) is 6.54 Å². The highest BCUT2D eigenvalue weighted by Gasteiger charge is 2.18. The van der Waals surface area contributed by atoms with Crippen molar-refractivity contribution < 1.29 is 4.79 Å². The van der Waals surface area contributed by atoms with Crippen LogP contribution >= 0.6 is 11.5 Å². The van der Waals surface area contributed by atoms with Crippen molar-refractivity contribution in [2.45, 2.75) is 19.8 Å². The highest BCUT2D eigenvalue weighted by atomic mass is 32.1. The first-order valence-electron chi connectivity index (χ1n) is 5.28. The topological polar surface area (TPSA) is 109 Å². The van der Waals surface area contributed by atoms with E-state index in [4.69, 9.17) is 16.7 Å². The lowest BCUT2D eigenvalue weighted by Crippen LogP contribution is -2.34. The molecular weight excluding hydrogens is 238 g/mol. The van der Waals surface area contributed by atoms with Gasteiger partial charge in [0.05, 0.1) is 6.54 Å². The zero-order chi connectivity index (χ0) is 12.8. The first kappa shape index (κ1) is 13.3. The van der Waals surface area contributed by atoms with Crippen LogP contribution in [0.5, 0.6) is 0 Å². The fourth-order valence-corrected chi connectivity index (χ4v) is 2.19. The van der Waals surface area contributed by atoms with Crippen molar-refractivity contribution in [3.63, 3.8) is 0 Å². The van der Waals surface area contributed by atoms with Crippen molar-refractivity contribution in [2.24, 2.45) is 5.73 Å². The third kappa shape index (κ3) is 3.32. The van der Waals surface area contributed by atoms with E-state index in [9.17, 15) is 4.79 Å². The maximum atomic E-state index is 11.0. The molecule has 0 aliphatic heterocycles. The van der Waals surface area contributed by atoms with Crippen LogP contribution in [-0.2, 0) is 4.79 Å². The Labute approximate surface area is 104 Å². The van der Waals surface area contributed by atoms with Crippen molar-refractivity contribution in [2.75, 3.05) is 23.7 Å². The number of hydrogen-bond acceptors (Lipinski definition) is 6. The molecule has 0 aliphatic carbocycles. The van der Waals surface area contributed by atoms with Gasteiger partial charge in [0.25, 0.3) is 0 Å². The summed E-state index contributed by atoms with van der Waals surface area (Å²) in [7, 11) is 0. The zero-order valence-electron chi connectivity index (χ0n) is 9.64. The lowest BCUT2D eigenvalue weighted by atomic mass is 10.2. The molecule has 0 saturated carbocycles. The van der Waals surface area contributed by atoms with Crippen molar-refractivity contribution in [3.05, 3.63) is 5.56 Å². The molecule has 7 heteroatoms. The molecule has 1 aromatic heterocycles. The number of nitrogen functional groups attached to an aromatic ring is 1. The van der Waals surface area contributed by atoms with E-state index in [-0.39, 0.29) is 12.4 Å². The predicted molar refractivity (Wildman–Crippen MR) is 67.6 cm³/mol. The summed E-state index contributed by atoms with van der Waals surface area (Å²) in [4.78, 5) is 12.8. The first-order chi connectivity index (χ1) is 8.10. The van der Waals surface area contributed by atoms with E-state index >= 15 is 0 Å². The molecule has 4 N–H and O–H groups in total. The maximum absolute atomic E-state index is 11.0. The van der Waals surface area contributed by atoms with Crippen molar-refractivity contribution >= 4 is 28.3 Å². The molecule has 0 aromatic carbocycles. The Hall–Kier alpha value is -1.81. The second kappa shape index (κ2) is 6.06. The van der Waals surface area contributed by atoms with E-state index in [1.54, 1.807) is 4.90 Å². The predicted octanol–water partition coefficient (Wildman–Crippen LogP) is 0.689. The Balaban J connectivity index is 2.95. The fraction of sp³-hybridized carbons (Fsp3) is 0.500. The second-order valence-electron chi connectivity index (χ2n) is 3.60. The Morgan fingerprint density at radius 2 is 2.35 bits per heavy atom. The van der Waals surface area contributed by atoms with Crippen LogP contribution in [0.1, 0.15) is 25.3 Å². The monoisotopic (exact) mass is 253 g/mol. The smallest absolute Gasteiger partial charge is 0.236 e. The Kier molecular flexibility index (Phi) is 4.72. The molecule has 0 fully saturated rings.